The largest absolute Gasteiger partial charge is 0.370 e. The molecule has 116 valence electrons. The SMILES string of the molecule is Cc1nn(-c2ccccc2)cc1CN=C(N)N1CCSCC1. The monoisotopic (exact) mass is 315 g/mol. The predicted molar refractivity (Wildman–Crippen MR) is 92.5 cm³/mol. The summed E-state index contributed by atoms with van der Waals surface area (Å²) >= 11 is 1.97. The van der Waals surface area contributed by atoms with Gasteiger partial charge >= 0.3 is 0 Å². The van der Waals surface area contributed by atoms with Crippen molar-refractivity contribution in [2.75, 3.05) is 24.6 Å². The zero-order valence-corrected chi connectivity index (χ0v) is 13.6. The van der Waals surface area contributed by atoms with Crippen LogP contribution in [0.1, 0.15) is 11.3 Å². The molecule has 6 heteroatoms. The molecule has 2 aromatic rings. The average Bonchev–Trinajstić information content (AvgIpc) is 2.95. The first-order chi connectivity index (χ1) is 10.7. The van der Waals surface area contributed by atoms with Crippen LogP contribution in [0.25, 0.3) is 5.69 Å². The van der Waals surface area contributed by atoms with Gasteiger partial charge in [-0.1, -0.05) is 18.2 Å². The quantitative estimate of drug-likeness (QED) is 0.695. The maximum Gasteiger partial charge on any atom is 0.191 e. The lowest BCUT2D eigenvalue weighted by Crippen LogP contribution is -2.42. The maximum absolute atomic E-state index is 6.10. The van der Waals surface area contributed by atoms with E-state index < -0.39 is 0 Å². The minimum atomic E-state index is 0.578. The molecule has 0 amide bonds. The van der Waals surface area contributed by atoms with Gasteiger partial charge < -0.3 is 10.6 Å². The molecule has 0 unspecified atom stereocenters. The second-order valence-electron chi connectivity index (χ2n) is 5.29. The number of aromatic nitrogens is 2. The summed E-state index contributed by atoms with van der Waals surface area (Å²) in [5, 5.41) is 4.56. The highest BCUT2D eigenvalue weighted by molar-refractivity contribution is 7.99. The molecule has 1 aromatic carbocycles. The molecule has 0 saturated carbocycles. The van der Waals surface area contributed by atoms with Crippen molar-refractivity contribution >= 4 is 17.7 Å². The topological polar surface area (TPSA) is 59.4 Å². The van der Waals surface area contributed by atoms with Crippen molar-refractivity contribution in [3.8, 4) is 5.69 Å². The molecule has 0 aliphatic carbocycles. The van der Waals surface area contributed by atoms with Crippen molar-refractivity contribution in [3.05, 3.63) is 47.8 Å². The van der Waals surface area contributed by atoms with Gasteiger partial charge in [0.15, 0.2) is 5.96 Å². The van der Waals surface area contributed by atoms with Crippen LogP contribution < -0.4 is 5.73 Å². The second-order valence-corrected chi connectivity index (χ2v) is 6.52. The van der Waals surface area contributed by atoms with E-state index in [0.717, 1.165) is 41.5 Å². The summed E-state index contributed by atoms with van der Waals surface area (Å²) in [5.74, 6) is 2.90. The number of aliphatic imine (C=N–C) groups is 1. The van der Waals surface area contributed by atoms with Crippen LogP contribution in [0.5, 0.6) is 0 Å². The number of nitrogens with zero attached hydrogens (tertiary/aromatic N) is 4. The molecule has 5 nitrogen and oxygen atoms in total. The van der Waals surface area contributed by atoms with Crippen LogP contribution >= 0.6 is 11.8 Å². The number of guanidine groups is 1. The average molecular weight is 315 g/mol. The van der Waals surface area contributed by atoms with Gasteiger partial charge in [0.05, 0.1) is 17.9 Å². The van der Waals surface area contributed by atoms with Crippen molar-refractivity contribution in [2.45, 2.75) is 13.5 Å². The van der Waals surface area contributed by atoms with Gasteiger partial charge in [-0.3, -0.25) is 0 Å². The third kappa shape index (κ3) is 3.44. The van der Waals surface area contributed by atoms with E-state index >= 15 is 0 Å². The Morgan fingerprint density at radius 1 is 1.27 bits per heavy atom. The molecular formula is C16H21N5S. The Hall–Kier alpha value is -1.95. The highest BCUT2D eigenvalue weighted by Gasteiger charge is 2.12. The number of hydrogen-bond donors (Lipinski definition) is 1. The molecule has 22 heavy (non-hydrogen) atoms. The summed E-state index contributed by atoms with van der Waals surface area (Å²) in [6, 6.07) is 10.1. The molecule has 1 aliphatic rings. The lowest BCUT2D eigenvalue weighted by molar-refractivity contribution is 0.455. The summed E-state index contributed by atoms with van der Waals surface area (Å²) in [5.41, 5.74) is 9.27. The smallest absolute Gasteiger partial charge is 0.191 e. The number of nitrogens with two attached hydrogens (primary N) is 1. The maximum atomic E-state index is 6.10. The van der Waals surface area contributed by atoms with Crippen molar-refractivity contribution in [2.24, 2.45) is 10.7 Å². The number of aryl methyl sites for hydroxylation is 1. The molecule has 0 bridgehead atoms. The van der Waals surface area contributed by atoms with Gasteiger partial charge in [-0.05, 0) is 19.1 Å². The Kier molecular flexibility index (Phi) is 4.68. The van der Waals surface area contributed by atoms with Gasteiger partial charge in [0.1, 0.15) is 0 Å². The lowest BCUT2D eigenvalue weighted by Gasteiger charge is -2.27. The molecule has 1 fully saturated rings. The Morgan fingerprint density at radius 2 is 2.00 bits per heavy atom. The fourth-order valence-electron chi connectivity index (χ4n) is 2.42. The van der Waals surface area contributed by atoms with Crippen molar-refractivity contribution in [1.29, 1.82) is 0 Å². The number of hydrogen-bond acceptors (Lipinski definition) is 3. The molecule has 2 heterocycles. The Bertz CT molecular complexity index is 644. The molecule has 0 spiro atoms. The third-order valence-electron chi connectivity index (χ3n) is 3.77. The van der Waals surface area contributed by atoms with E-state index in [1.807, 2.05) is 59.9 Å². The number of thioether (sulfide) groups is 1. The number of rotatable bonds is 3. The summed E-state index contributed by atoms with van der Waals surface area (Å²) < 4.78 is 1.90. The van der Waals surface area contributed by atoms with Crippen LogP contribution in [0.15, 0.2) is 41.5 Å². The van der Waals surface area contributed by atoms with Crippen LogP contribution in [0.3, 0.4) is 0 Å². The molecule has 1 saturated heterocycles. The molecule has 0 radical (unpaired) electrons. The van der Waals surface area contributed by atoms with E-state index in [1.165, 1.54) is 0 Å². The van der Waals surface area contributed by atoms with E-state index in [4.69, 9.17) is 5.73 Å². The Balaban J connectivity index is 1.71. The van der Waals surface area contributed by atoms with E-state index in [2.05, 4.69) is 15.0 Å². The highest BCUT2D eigenvalue weighted by atomic mass is 32.2. The van der Waals surface area contributed by atoms with Gasteiger partial charge in [0.2, 0.25) is 0 Å². The fraction of sp³-hybridized carbons (Fsp3) is 0.375. The first-order valence-electron chi connectivity index (χ1n) is 7.47. The van der Waals surface area contributed by atoms with E-state index in [0.29, 0.717) is 12.5 Å². The van der Waals surface area contributed by atoms with Gasteiger partial charge in [-0.2, -0.15) is 16.9 Å². The van der Waals surface area contributed by atoms with Gasteiger partial charge in [-0.15, -0.1) is 0 Å². The van der Waals surface area contributed by atoms with Gasteiger partial charge in [0.25, 0.3) is 0 Å². The minimum absolute atomic E-state index is 0.578. The highest BCUT2D eigenvalue weighted by Crippen LogP contribution is 2.13. The number of benzene rings is 1. The van der Waals surface area contributed by atoms with Gasteiger partial charge in [-0.25, -0.2) is 9.67 Å². The molecule has 1 aliphatic heterocycles. The summed E-state index contributed by atoms with van der Waals surface area (Å²) in [7, 11) is 0. The van der Waals surface area contributed by atoms with E-state index in [1.54, 1.807) is 0 Å². The zero-order valence-electron chi connectivity index (χ0n) is 12.8. The van der Waals surface area contributed by atoms with Crippen molar-refractivity contribution in [1.82, 2.24) is 14.7 Å². The van der Waals surface area contributed by atoms with Crippen molar-refractivity contribution < 1.29 is 0 Å². The zero-order chi connectivity index (χ0) is 15.4. The first-order valence-corrected chi connectivity index (χ1v) is 8.62. The van der Waals surface area contributed by atoms with Gasteiger partial charge in [0, 0.05) is 36.4 Å². The van der Waals surface area contributed by atoms with E-state index in [-0.39, 0.29) is 0 Å². The van der Waals surface area contributed by atoms with Crippen LogP contribution in [0.4, 0.5) is 0 Å². The van der Waals surface area contributed by atoms with Crippen LogP contribution in [0.2, 0.25) is 0 Å². The second kappa shape index (κ2) is 6.87. The van der Waals surface area contributed by atoms with Crippen LogP contribution in [0, 0.1) is 6.92 Å². The minimum Gasteiger partial charge on any atom is -0.370 e. The standard InChI is InChI=1S/C16H21N5S/c1-13-14(11-18-16(17)20-7-9-22-10-8-20)12-21(19-13)15-5-3-2-4-6-15/h2-6,12H,7-11H2,1H3,(H2,17,18). The lowest BCUT2D eigenvalue weighted by atomic mass is 10.2. The summed E-state index contributed by atoms with van der Waals surface area (Å²) in [4.78, 5) is 6.70. The van der Waals surface area contributed by atoms with Crippen LogP contribution in [-0.2, 0) is 6.54 Å². The number of para-hydroxylation sites is 1. The predicted octanol–water partition coefficient (Wildman–Crippen LogP) is 2.04. The first kappa shape index (κ1) is 15.0. The molecule has 1 aromatic heterocycles. The molecule has 3 rings (SSSR count). The van der Waals surface area contributed by atoms with Crippen molar-refractivity contribution in [3.63, 3.8) is 0 Å². The summed E-state index contributed by atoms with van der Waals surface area (Å²) in [6.07, 6.45) is 2.04. The molecule has 0 atom stereocenters. The Labute approximate surface area is 135 Å². The van der Waals surface area contributed by atoms with Crippen LogP contribution in [-0.4, -0.2) is 45.2 Å². The Morgan fingerprint density at radius 3 is 2.73 bits per heavy atom. The fourth-order valence-corrected chi connectivity index (χ4v) is 3.33. The third-order valence-corrected chi connectivity index (χ3v) is 4.71. The van der Waals surface area contributed by atoms with E-state index in [9.17, 15) is 0 Å². The normalized spacial score (nSPS) is 16.0. The summed E-state index contributed by atoms with van der Waals surface area (Å²) in [6.45, 7) is 4.57. The molecular weight excluding hydrogens is 294 g/mol. The molecule has 2 N–H and O–H groups in total.